The largest absolute Gasteiger partial charge is 0.497 e. The highest BCUT2D eigenvalue weighted by atomic mass is 16.6. The molecule has 0 heterocycles. The molecule has 0 saturated heterocycles. The van der Waals surface area contributed by atoms with Crippen molar-refractivity contribution in [2.75, 3.05) is 24.4 Å². The molecule has 2 rings (SSSR count). The lowest BCUT2D eigenvalue weighted by atomic mass is 10.1. The van der Waals surface area contributed by atoms with Crippen LogP contribution >= 0.6 is 0 Å². The maximum atomic E-state index is 12.0. The number of nitrogens with one attached hydrogen (secondary N) is 2. The first-order chi connectivity index (χ1) is 15.7. The van der Waals surface area contributed by atoms with Gasteiger partial charge >= 0.3 is 5.97 Å². The van der Waals surface area contributed by atoms with Crippen LogP contribution in [0.3, 0.4) is 0 Å². The van der Waals surface area contributed by atoms with E-state index in [2.05, 4.69) is 10.6 Å². The van der Waals surface area contributed by atoms with Gasteiger partial charge in [0.2, 0.25) is 5.91 Å². The maximum absolute atomic E-state index is 12.0. The number of nitrogens with zero attached hydrogens (tertiary/aromatic N) is 1. The molecule has 0 bridgehead atoms. The molecular weight excluding hydrogens is 434 g/mol. The number of rotatable bonds is 11. The number of nitro benzene ring substituents is 1. The molecule has 0 aliphatic carbocycles. The second-order valence-corrected chi connectivity index (χ2v) is 6.88. The van der Waals surface area contributed by atoms with E-state index in [9.17, 15) is 29.3 Å². The van der Waals surface area contributed by atoms with Crippen LogP contribution in [0.2, 0.25) is 0 Å². The Balaban J connectivity index is 1.73. The molecule has 2 N–H and O–H groups in total. The van der Waals surface area contributed by atoms with Crippen LogP contribution in [0.1, 0.15) is 36.5 Å². The second-order valence-electron chi connectivity index (χ2n) is 6.88. The Morgan fingerprint density at radius 1 is 0.970 bits per heavy atom. The van der Waals surface area contributed by atoms with Crippen molar-refractivity contribution in [1.29, 1.82) is 0 Å². The molecule has 11 heteroatoms. The molecule has 0 aliphatic rings. The number of hydrogen-bond acceptors (Lipinski definition) is 8. The zero-order valence-corrected chi connectivity index (χ0v) is 18.1. The predicted octanol–water partition coefficient (Wildman–Crippen LogP) is 3.10. The van der Waals surface area contributed by atoms with Crippen LogP contribution in [0.15, 0.2) is 42.5 Å². The van der Waals surface area contributed by atoms with E-state index in [4.69, 9.17) is 9.47 Å². The van der Waals surface area contributed by atoms with E-state index < -0.39 is 23.4 Å². The van der Waals surface area contributed by atoms with Crippen LogP contribution in [-0.4, -0.2) is 42.2 Å². The van der Waals surface area contributed by atoms with Gasteiger partial charge in [-0.2, -0.15) is 0 Å². The van der Waals surface area contributed by atoms with E-state index in [0.29, 0.717) is 17.0 Å². The Hall–Kier alpha value is -4.28. The van der Waals surface area contributed by atoms with Crippen LogP contribution in [-0.2, 0) is 19.1 Å². The van der Waals surface area contributed by atoms with Crippen molar-refractivity contribution >= 4 is 40.6 Å². The summed E-state index contributed by atoms with van der Waals surface area (Å²) in [5.41, 5.74) is 0.627. The molecule has 2 aromatic rings. The zero-order chi connectivity index (χ0) is 24.4. The van der Waals surface area contributed by atoms with Gasteiger partial charge in [-0.25, -0.2) is 0 Å². The SMILES string of the molecule is COc1ccc([N+](=O)[O-])c(NC(=O)COC(=O)CCCC(=O)Nc2ccc(C(C)=O)cc2)c1. The van der Waals surface area contributed by atoms with E-state index in [-0.39, 0.29) is 42.3 Å². The second kappa shape index (κ2) is 11.9. The summed E-state index contributed by atoms with van der Waals surface area (Å²) in [4.78, 5) is 57.5. The van der Waals surface area contributed by atoms with Crippen LogP contribution in [0.25, 0.3) is 0 Å². The van der Waals surface area contributed by atoms with Crippen molar-refractivity contribution in [2.24, 2.45) is 0 Å². The number of methoxy groups -OCH3 is 1. The Morgan fingerprint density at radius 3 is 2.27 bits per heavy atom. The fraction of sp³-hybridized carbons (Fsp3) is 0.273. The molecule has 0 spiro atoms. The maximum Gasteiger partial charge on any atom is 0.306 e. The van der Waals surface area contributed by atoms with Gasteiger partial charge < -0.3 is 20.1 Å². The minimum Gasteiger partial charge on any atom is -0.497 e. The number of esters is 1. The summed E-state index contributed by atoms with van der Waals surface area (Å²) in [6.45, 7) is 0.806. The quantitative estimate of drug-likeness (QED) is 0.226. The molecule has 0 aliphatic heterocycles. The smallest absolute Gasteiger partial charge is 0.306 e. The van der Waals surface area contributed by atoms with Gasteiger partial charge in [-0.15, -0.1) is 0 Å². The topological polar surface area (TPSA) is 154 Å². The van der Waals surface area contributed by atoms with Gasteiger partial charge in [0.1, 0.15) is 11.4 Å². The molecular formula is C22H23N3O8. The molecule has 0 aromatic heterocycles. The molecule has 2 aromatic carbocycles. The van der Waals surface area contributed by atoms with E-state index >= 15 is 0 Å². The third-order valence-electron chi connectivity index (χ3n) is 4.40. The average Bonchev–Trinajstić information content (AvgIpc) is 2.77. The first kappa shape index (κ1) is 25.0. The Labute approximate surface area is 189 Å². The average molecular weight is 457 g/mol. The summed E-state index contributed by atoms with van der Waals surface area (Å²) in [5, 5.41) is 16.0. The number of amides is 2. The van der Waals surface area contributed by atoms with Gasteiger partial charge in [0.25, 0.3) is 11.6 Å². The third kappa shape index (κ3) is 8.05. The number of ketones is 1. The van der Waals surface area contributed by atoms with Crippen molar-refractivity contribution in [3.8, 4) is 5.75 Å². The number of nitro groups is 1. The predicted molar refractivity (Wildman–Crippen MR) is 118 cm³/mol. The van der Waals surface area contributed by atoms with E-state index in [0.717, 1.165) is 0 Å². The lowest BCUT2D eigenvalue weighted by molar-refractivity contribution is -0.383. The van der Waals surface area contributed by atoms with Gasteiger partial charge in [-0.05, 0) is 43.7 Å². The molecule has 33 heavy (non-hydrogen) atoms. The van der Waals surface area contributed by atoms with Crippen molar-refractivity contribution in [1.82, 2.24) is 0 Å². The first-order valence-corrected chi connectivity index (χ1v) is 9.88. The van der Waals surface area contributed by atoms with Gasteiger partial charge in [-0.1, -0.05) is 0 Å². The highest BCUT2D eigenvalue weighted by Gasteiger charge is 2.18. The molecule has 11 nitrogen and oxygen atoms in total. The van der Waals surface area contributed by atoms with Gasteiger partial charge in [0.15, 0.2) is 12.4 Å². The summed E-state index contributed by atoms with van der Waals surface area (Å²) in [5.74, 6) is -1.54. The van der Waals surface area contributed by atoms with Crippen molar-refractivity contribution in [2.45, 2.75) is 26.2 Å². The summed E-state index contributed by atoms with van der Waals surface area (Å²) >= 11 is 0. The number of carbonyl (C=O) groups is 4. The molecule has 2 amide bonds. The Bertz CT molecular complexity index is 1050. The minimum atomic E-state index is -0.758. The first-order valence-electron chi connectivity index (χ1n) is 9.88. The number of carbonyl (C=O) groups excluding carboxylic acids is 4. The van der Waals surface area contributed by atoms with Gasteiger partial charge in [0, 0.05) is 36.2 Å². The fourth-order valence-electron chi connectivity index (χ4n) is 2.71. The van der Waals surface area contributed by atoms with Crippen LogP contribution in [0.4, 0.5) is 17.1 Å². The van der Waals surface area contributed by atoms with Crippen molar-refractivity contribution in [3.63, 3.8) is 0 Å². The van der Waals surface area contributed by atoms with Crippen molar-refractivity contribution < 1.29 is 33.6 Å². The Morgan fingerprint density at radius 2 is 1.67 bits per heavy atom. The summed E-state index contributed by atoms with van der Waals surface area (Å²) in [7, 11) is 1.37. The molecule has 0 unspecified atom stereocenters. The van der Waals surface area contributed by atoms with E-state index in [1.165, 1.54) is 32.2 Å². The van der Waals surface area contributed by atoms with E-state index in [1.54, 1.807) is 24.3 Å². The number of anilines is 2. The monoisotopic (exact) mass is 457 g/mol. The van der Waals surface area contributed by atoms with Gasteiger partial charge in [-0.3, -0.25) is 29.3 Å². The normalized spacial score (nSPS) is 10.1. The van der Waals surface area contributed by atoms with Crippen LogP contribution in [0, 0.1) is 10.1 Å². The summed E-state index contributed by atoms with van der Waals surface area (Å²) in [6.07, 6.45) is 0.147. The highest BCUT2D eigenvalue weighted by Crippen LogP contribution is 2.28. The minimum absolute atomic E-state index is 0.0474. The van der Waals surface area contributed by atoms with E-state index in [1.807, 2.05) is 0 Å². The number of Topliss-reactive ketones (excluding diaryl/α,β-unsaturated/α-hetero) is 1. The number of benzene rings is 2. The standard InChI is InChI=1S/C22H23N3O8/c1-14(26)15-6-8-16(9-7-15)23-20(27)4-3-5-22(29)33-13-21(28)24-18-12-17(32-2)10-11-19(18)25(30)31/h6-12H,3-5,13H2,1-2H3,(H,23,27)(H,24,28). The number of hydrogen-bond donors (Lipinski definition) is 2. The molecule has 174 valence electrons. The number of ether oxygens (including phenoxy) is 2. The molecule has 0 atom stereocenters. The lowest BCUT2D eigenvalue weighted by Crippen LogP contribution is -2.21. The summed E-state index contributed by atoms with van der Waals surface area (Å²) < 4.78 is 9.83. The Kier molecular flexibility index (Phi) is 9.04. The summed E-state index contributed by atoms with van der Waals surface area (Å²) in [6, 6.07) is 10.3. The molecule has 0 saturated carbocycles. The third-order valence-corrected chi connectivity index (χ3v) is 4.40. The molecule has 0 radical (unpaired) electrons. The molecule has 0 fully saturated rings. The highest BCUT2D eigenvalue weighted by molar-refractivity contribution is 5.96. The zero-order valence-electron chi connectivity index (χ0n) is 18.1. The lowest BCUT2D eigenvalue weighted by Gasteiger charge is -2.09. The van der Waals surface area contributed by atoms with Gasteiger partial charge in [0.05, 0.1) is 12.0 Å². The van der Waals surface area contributed by atoms with Crippen LogP contribution in [0.5, 0.6) is 5.75 Å². The van der Waals surface area contributed by atoms with Crippen LogP contribution < -0.4 is 15.4 Å². The van der Waals surface area contributed by atoms with Crippen molar-refractivity contribution in [3.05, 3.63) is 58.1 Å². The fourth-order valence-corrected chi connectivity index (χ4v) is 2.71.